The molecule has 1 unspecified atom stereocenters. The van der Waals surface area contributed by atoms with Crippen molar-refractivity contribution in [1.29, 1.82) is 0 Å². The molecule has 0 bridgehead atoms. The summed E-state index contributed by atoms with van der Waals surface area (Å²) in [5.41, 5.74) is 1.16. The molecule has 2 N–H and O–H groups in total. The van der Waals surface area contributed by atoms with Crippen LogP contribution in [0.25, 0.3) is 0 Å². The molecule has 1 aromatic heterocycles. The number of nitrogens with zero attached hydrogens (tertiary/aromatic N) is 1. The van der Waals surface area contributed by atoms with Crippen molar-refractivity contribution < 1.29 is 19.1 Å². The number of hydrogen-bond donors (Lipinski definition) is 2. The number of aromatic nitrogens is 1. The van der Waals surface area contributed by atoms with Crippen LogP contribution >= 0.6 is 0 Å². The zero-order chi connectivity index (χ0) is 15.9. The molecule has 0 aliphatic rings. The van der Waals surface area contributed by atoms with Crippen molar-refractivity contribution in [3.63, 3.8) is 0 Å². The Morgan fingerprint density at radius 2 is 1.91 bits per heavy atom. The molecule has 0 fully saturated rings. The second kappa shape index (κ2) is 7.31. The summed E-state index contributed by atoms with van der Waals surface area (Å²) < 4.78 is 13.0. The number of anilines is 1. The Morgan fingerprint density at radius 1 is 1.18 bits per heavy atom. The molecule has 0 aliphatic heterocycles. The Balaban J connectivity index is 2.07. The highest BCUT2D eigenvalue weighted by atomic mass is 19.1. The normalized spacial score (nSPS) is 11.7. The number of carbonyl (C=O) groups excluding carboxylic acids is 1. The molecule has 5 nitrogen and oxygen atoms in total. The molecule has 2 rings (SSSR count). The molecule has 1 aromatic carbocycles. The van der Waals surface area contributed by atoms with Crippen molar-refractivity contribution in [2.75, 3.05) is 5.32 Å². The summed E-state index contributed by atoms with van der Waals surface area (Å²) in [6.07, 6.45) is 2.88. The van der Waals surface area contributed by atoms with E-state index in [0.717, 1.165) is 0 Å². The van der Waals surface area contributed by atoms with Crippen molar-refractivity contribution in [3.8, 4) is 0 Å². The van der Waals surface area contributed by atoms with E-state index < -0.39 is 17.7 Å². The van der Waals surface area contributed by atoms with Gasteiger partial charge in [0, 0.05) is 18.5 Å². The van der Waals surface area contributed by atoms with E-state index in [4.69, 9.17) is 5.11 Å². The van der Waals surface area contributed by atoms with Crippen LogP contribution in [0.4, 0.5) is 10.1 Å². The van der Waals surface area contributed by atoms with Crippen LogP contribution in [-0.2, 0) is 9.59 Å². The Labute approximate surface area is 126 Å². The Kier molecular flexibility index (Phi) is 5.19. The van der Waals surface area contributed by atoms with Gasteiger partial charge in [0.25, 0.3) is 0 Å². The summed E-state index contributed by atoms with van der Waals surface area (Å²) in [6, 6.07) is 8.88. The second-order valence-corrected chi connectivity index (χ2v) is 4.84. The van der Waals surface area contributed by atoms with Gasteiger partial charge in [-0.2, -0.15) is 0 Å². The first-order chi connectivity index (χ1) is 10.5. The minimum absolute atomic E-state index is 0.00712. The zero-order valence-electron chi connectivity index (χ0n) is 11.7. The summed E-state index contributed by atoms with van der Waals surface area (Å²) in [7, 11) is 0. The molecule has 0 saturated heterocycles. The van der Waals surface area contributed by atoms with Crippen LogP contribution in [0.15, 0.2) is 48.8 Å². The molecule has 0 spiro atoms. The SMILES string of the molecule is O=C(O)CC(CC(=O)Nc1cccnc1)c1ccc(F)cc1. The van der Waals surface area contributed by atoms with Gasteiger partial charge in [0.1, 0.15) is 5.82 Å². The zero-order valence-corrected chi connectivity index (χ0v) is 11.7. The van der Waals surface area contributed by atoms with E-state index in [-0.39, 0.29) is 18.7 Å². The fraction of sp³-hybridized carbons (Fsp3) is 0.188. The van der Waals surface area contributed by atoms with Crippen molar-refractivity contribution in [1.82, 2.24) is 4.98 Å². The van der Waals surface area contributed by atoms with Crippen LogP contribution in [-0.4, -0.2) is 22.0 Å². The van der Waals surface area contributed by atoms with Crippen LogP contribution in [0.3, 0.4) is 0 Å². The van der Waals surface area contributed by atoms with Gasteiger partial charge in [0.05, 0.1) is 18.3 Å². The third kappa shape index (κ3) is 4.66. The molecule has 6 heteroatoms. The number of carboxylic acid groups (broad SMARTS) is 1. The van der Waals surface area contributed by atoms with Gasteiger partial charge < -0.3 is 10.4 Å². The number of amides is 1. The van der Waals surface area contributed by atoms with E-state index in [9.17, 15) is 14.0 Å². The van der Waals surface area contributed by atoms with Gasteiger partial charge in [0.2, 0.25) is 5.91 Å². The average molecular weight is 302 g/mol. The second-order valence-electron chi connectivity index (χ2n) is 4.84. The lowest BCUT2D eigenvalue weighted by molar-refractivity contribution is -0.137. The smallest absolute Gasteiger partial charge is 0.303 e. The van der Waals surface area contributed by atoms with Gasteiger partial charge in [-0.1, -0.05) is 12.1 Å². The van der Waals surface area contributed by atoms with Gasteiger partial charge >= 0.3 is 5.97 Å². The minimum atomic E-state index is -1.01. The van der Waals surface area contributed by atoms with Crippen molar-refractivity contribution in [2.24, 2.45) is 0 Å². The highest BCUT2D eigenvalue weighted by Gasteiger charge is 2.19. The summed E-state index contributed by atoms with van der Waals surface area (Å²) >= 11 is 0. The Morgan fingerprint density at radius 3 is 2.50 bits per heavy atom. The number of halogens is 1. The lowest BCUT2D eigenvalue weighted by Crippen LogP contribution is -2.17. The molecular weight excluding hydrogens is 287 g/mol. The van der Waals surface area contributed by atoms with Crippen molar-refractivity contribution in [3.05, 3.63) is 60.2 Å². The quantitative estimate of drug-likeness (QED) is 0.860. The lowest BCUT2D eigenvalue weighted by Gasteiger charge is -2.15. The first-order valence-electron chi connectivity index (χ1n) is 6.71. The number of rotatable bonds is 6. The summed E-state index contributed by atoms with van der Waals surface area (Å²) in [5.74, 6) is -2.25. The van der Waals surface area contributed by atoms with Crippen LogP contribution < -0.4 is 5.32 Å². The molecule has 114 valence electrons. The highest BCUT2D eigenvalue weighted by Crippen LogP contribution is 2.24. The fourth-order valence-corrected chi connectivity index (χ4v) is 2.13. The number of carboxylic acids is 1. The minimum Gasteiger partial charge on any atom is -0.481 e. The van der Waals surface area contributed by atoms with E-state index in [1.807, 2.05) is 0 Å². The lowest BCUT2D eigenvalue weighted by atomic mass is 9.92. The van der Waals surface area contributed by atoms with Crippen molar-refractivity contribution >= 4 is 17.6 Å². The fourth-order valence-electron chi connectivity index (χ4n) is 2.13. The summed E-state index contributed by atoms with van der Waals surface area (Å²) in [4.78, 5) is 26.9. The van der Waals surface area contributed by atoms with Gasteiger partial charge in [-0.15, -0.1) is 0 Å². The third-order valence-electron chi connectivity index (χ3n) is 3.14. The van der Waals surface area contributed by atoms with Gasteiger partial charge in [-0.05, 0) is 29.8 Å². The number of nitrogens with one attached hydrogen (secondary N) is 1. The van der Waals surface area contributed by atoms with E-state index in [1.165, 1.54) is 30.5 Å². The highest BCUT2D eigenvalue weighted by molar-refractivity contribution is 5.91. The van der Waals surface area contributed by atoms with Gasteiger partial charge in [0.15, 0.2) is 0 Å². The standard InChI is InChI=1S/C16H15FN2O3/c17-13-5-3-11(4-6-13)12(9-16(21)22)8-15(20)19-14-2-1-7-18-10-14/h1-7,10,12H,8-9H2,(H,19,20)(H,21,22). The summed E-state index contributed by atoms with van der Waals surface area (Å²) in [5, 5.41) is 11.6. The van der Waals surface area contributed by atoms with E-state index in [1.54, 1.807) is 18.3 Å². The maximum Gasteiger partial charge on any atom is 0.303 e. The van der Waals surface area contributed by atoms with Crippen molar-refractivity contribution in [2.45, 2.75) is 18.8 Å². The van der Waals surface area contributed by atoms with E-state index in [2.05, 4.69) is 10.3 Å². The average Bonchev–Trinajstić information content (AvgIpc) is 2.48. The largest absolute Gasteiger partial charge is 0.481 e. The first kappa shape index (κ1) is 15.6. The van der Waals surface area contributed by atoms with E-state index >= 15 is 0 Å². The van der Waals surface area contributed by atoms with Gasteiger partial charge in [-0.3, -0.25) is 14.6 Å². The van der Waals surface area contributed by atoms with Crippen LogP contribution in [0.1, 0.15) is 24.3 Å². The monoisotopic (exact) mass is 302 g/mol. The number of aliphatic carboxylic acids is 1. The number of pyridine rings is 1. The predicted octanol–water partition coefficient (Wildman–Crippen LogP) is 2.81. The maximum atomic E-state index is 13.0. The molecule has 1 atom stereocenters. The first-order valence-corrected chi connectivity index (χ1v) is 6.71. The number of benzene rings is 1. The van der Waals surface area contributed by atoms with Crippen LogP contribution in [0, 0.1) is 5.82 Å². The van der Waals surface area contributed by atoms with Crippen LogP contribution in [0.5, 0.6) is 0 Å². The molecule has 0 radical (unpaired) electrons. The van der Waals surface area contributed by atoms with Gasteiger partial charge in [-0.25, -0.2) is 4.39 Å². The molecule has 22 heavy (non-hydrogen) atoms. The molecule has 1 amide bonds. The number of carbonyl (C=O) groups is 2. The topological polar surface area (TPSA) is 79.3 Å². The van der Waals surface area contributed by atoms with Crippen LogP contribution in [0.2, 0.25) is 0 Å². The predicted molar refractivity (Wildman–Crippen MR) is 78.9 cm³/mol. The Bertz CT molecular complexity index is 644. The third-order valence-corrected chi connectivity index (χ3v) is 3.14. The molecule has 2 aromatic rings. The number of hydrogen-bond acceptors (Lipinski definition) is 3. The Hall–Kier alpha value is -2.76. The summed E-state index contributed by atoms with van der Waals surface area (Å²) in [6.45, 7) is 0. The molecule has 0 aliphatic carbocycles. The maximum absolute atomic E-state index is 13.0. The molecular formula is C16H15FN2O3. The molecule has 1 heterocycles. The molecule has 0 saturated carbocycles. The van der Waals surface area contributed by atoms with E-state index in [0.29, 0.717) is 11.3 Å².